The lowest BCUT2D eigenvalue weighted by atomic mass is 9.87. The summed E-state index contributed by atoms with van der Waals surface area (Å²) < 4.78 is 130. The Kier molecular flexibility index (Phi) is 6.94. The van der Waals surface area contributed by atoms with Crippen molar-refractivity contribution < 1.29 is 48.7 Å². The van der Waals surface area contributed by atoms with Crippen LogP contribution in [0, 0.1) is 17.5 Å². The third-order valence-electron chi connectivity index (χ3n) is 6.14. The van der Waals surface area contributed by atoms with E-state index in [-0.39, 0.29) is 16.7 Å². The Morgan fingerprint density at radius 1 is 1.11 bits per heavy atom. The minimum Gasteiger partial charge on any atom is -0.489 e. The molecule has 1 saturated heterocycles. The Morgan fingerprint density at radius 2 is 1.83 bits per heavy atom. The number of amides is 1. The normalized spacial score (nSPS) is 22.2. The second kappa shape index (κ2) is 9.54. The van der Waals surface area contributed by atoms with Crippen molar-refractivity contribution in [2.45, 2.75) is 43.0 Å². The van der Waals surface area contributed by atoms with Gasteiger partial charge >= 0.3 is 5.76 Å². The van der Waals surface area contributed by atoms with Gasteiger partial charge in [0.1, 0.15) is 17.7 Å². The maximum Gasteiger partial charge on any atom is 0.350 e. The first-order valence-corrected chi connectivity index (χ1v) is 12.2. The van der Waals surface area contributed by atoms with Gasteiger partial charge in [0.25, 0.3) is 15.9 Å². The van der Waals surface area contributed by atoms with Gasteiger partial charge in [0.15, 0.2) is 11.6 Å². The van der Waals surface area contributed by atoms with Crippen molar-refractivity contribution in [3.05, 3.63) is 53.3 Å². The molecule has 0 spiro atoms. The number of nitrogens with zero attached hydrogens (tertiary/aromatic N) is 1. The van der Waals surface area contributed by atoms with Gasteiger partial charge in [-0.3, -0.25) is 4.79 Å². The SMILES string of the molecule is O=C1CCOc2c(F)cc(F)cc2-c2cccc(c2F)CC2C(NS(=O)(=O)C(F)F)C(F)(F)CCN12. The summed E-state index contributed by atoms with van der Waals surface area (Å²) in [7, 11) is -5.52. The fourth-order valence-corrected chi connectivity index (χ4v) is 5.23. The van der Waals surface area contributed by atoms with Crippen LogP contribution in [0.3, 0.4) is 0 Å². The van der Waals surface area contributed by atoms with Gasteiger partial charge in [-0.2, -0.15) is 13.5 Å². The monoisotopic (exact) mass is 540 g/mol. The Morgan fingerprint density at radius 3 is 2.53 bits per heavy atom. The lowest BCUT2D eigenvalue weighted by Crippen LogP contribution is -2.66. The molecule has 196 valence electrons. The van der Waals surface area contributed by atoms with E-state index in [2.05, 4.69) is 0 Å². The maximum absolute atomic E-state index is 15.6. The predicted octanol–water partition coefficient (Wildman–Crippen LogP) is 3.84. The standard InChI is InChI=1S/C22H19F7N2O4S/c23-12-9-14-13-3-1-2-11(18(13)25)8-16-20(30-36(33,34)21(26)27)22(28,29)5-6-31(16)17(32)4-7-35-19(14)15(24)10-12/h1-3,9-10,16,20-21,30H,4-8H2. The molecular weight excluding hydrogens is 521 g/mol. The molecule has 1 fully saturated rings. The van der Waals surface area contributed by atoms with Crippen molar-refractivity contribution in [1.82, 2.24) is 9.62 Å². The number of halogens is 7. The van der Waals surface area contributed by atoms with Crippen LogP contribution in [-0.2, 0) is 21.2 Å². The van der Waals surface area contributed by atoms with Gasteiger partial charge < -0.3 is 9.64 Å². The molecule has 1 N–H and O–H groups in total. The summed E-state index contributed by atoms with van der Waals surface area (Å²) in [5.41, 5.74) is -0.988. The number of sulfonamides is 1. The Labute approximate surface area is 201 Å². The molecule has 36 heavy (non-hydrogen) atoms. The van der Waals surface area contributed by atoms with E-state index in [1.54, 1.807) is 0 Å². The van der Waals surface area contributed by atoms with Crippen LogP contribution in [0.2, 0.25) is 0 Å². The molecule has 0 saturated carbocycles. The molecular formula is C22H19F7N2O4S. The van der Waals surface area contributed by atoms with Crippen LogP contribution in [-0.4, -0.2) is 56.1 Å². The molecule has 2 heterocycles. The lowest BCUT2D eigenvalue weighted by molar-refractivity contribution is -0.148. The van der Waals surface area contributed by atoms with Gasteiger partial charge in [-0.15, -0.1) is 0 Å². The summed E-state index contributed by atoms with van der Waals surface area (Å²) in [5.74, 6) is -12.5. The zero-order chi connectivity index (χ0) is 26.4. The number of ether oxygens (including phenoxy) is 1. The number of fused-ring (bicyclic) bond motifs is 5. The van der Waals surface area contributed by atoms with E-state index in [4.69, 9.17) is 4.74 Å². The molecule has 14 heteroatoms. The van der Waals surface area contributed by atoms with Gasteiger partial charge in [-0.1, -0.05) is 18.2 Å². The Balaban J connectivity index is 1.87. The first-order valence-electron chi connectivity index (χ1n) is 10.7. The second-order valence-corrected chi connectivity index (χ2v) is 10.1. The number of alkyl halides is 4. The number of nitrogens with one attached hydrogen (secondary N) is 1. The van der Waals surface area contributed by atoms with Crippen molar-refractivity contribution in [2.75, 3.05) is 13.2 Å². The molecule has 6 nitrogen and oxygen atoms in total. The summed E-state index contributed by atoms with van der Waals surface area (Å²) in [6.07, 6.45) is -2.25. The van der Waals surface area contributed by atoms with Gasteiger partial charge in [0, 0.05) is 30.2 Å². The van der Waals surface area contributed by atoms with Crippen LogP contribution in [0.4, 0.5) is 30.7 Å². The van der Waals surface area contributed by atoms with Crippen LogP contribution in [0.25, 0.3) is 11.1 Å². The van der Waals surface area contributed by atoms with E-state index in [0.29, 0.717) is 6.07 Å². The Bertz CT molecular complexity index is 1290. The highest BCUT2D eigenvalue weighted by atomic mass is 32.2. The van der Waals surface area contributed by atoms with E-state index in [0.717, 1.165) is 17.0 Å². The quantitative estimate of drug-likeness (QED) is 0.601. The molecule has 2 atom stereocenters. The van der Waals surface area contributed by atoms with E-state index in [1.165, 1.54) is 16.9 Å². The highest BCUT2D eigenvalue weighted by molar-refractivity contribution is 7.89. The summed E-state index contributed by atoms with van der Waals surface area (Å²) in [5, 5.41) is 0. The molecule has 2 aromatic carbocycles. The molecule has 0 radical (unpaired) electrons. The van der Waals surface area contributed by atoms with Crippen LogP contribution in [0.1, 0.15) is 18.4 Å². The minimum atomic E-state index is -5.52. The molecule has 2 aliphatic rings. The molecule has 2 unspecified atom stereocenters. The topological polar surface area (TPSA) is 75.7 Å². The van der Waals surface area contributed by atoms with E-state index >= 15 is 4.39 Å². The van der Waals surface area contributed by atoms with Gasteiger partial charge in [-0.05, 0) is 18.1 Å². The van der Waals surface area contributed by atoms with Crippen molar-refractivity contribution in [1.29, 1.82) is 0 Å². The summed E-state index contributed by atoms with van der Waals surface area (Å²) in [6.45, 7) is -1.09. The Hall–Kier alpha value is -2.87. The third kappa shape index (κ3) is 4.88. The van der Waals surface area contributed by atoms with Crippen LogP contribution in [0.15, 0.2) is 30.3 Å². The van der Waals surface area contributed by atoms with Crippen LogP contribution in [0.5, 0.6) is 5.75 Å². The molecule has 4 rings (SSSR count). The minimum absolute atomic E-state index is 0.314. The van der Waals surface area contributed by atoms with E-state index < -0.39 is 95.3 Å². The molecule has 2 aromatic rings. The largest absolute Gasteiger partial charge is 0.489 e. The zero-order valence-electron chi connectivity index (χ0n) is 18.3. The second-order valence-electron chi connectivity index (χ2n) is 8.41. The fraction of sp³-hybridized carbons (Fsp3) is 0.409. The number of carbonyl (C=O) groups is 1. The number of hydrogen-bond donors (Lipinski definition) is 1. The average Bonchev–Trinajstić information content (AvgIpc) is 2.78. The van der Waals surface area contributed by atoms with Gasteiger partial charge in [0.05, 0.1) is 19.1 Å². The predicted molar refractivity (Wildman–Crippen MR) is 112 cm³/mol. The van der Waals surface area contributed by atoms with Crippen molar-refractivity contribution in [3.8, 4) is 16.9 Å². The molecule has 2 bridgehead atoms. The average molecular weight is 540 g/mol. The molecule has 0 aromatic heterocycles. The van der Waals surface area contributed by atoms with E-state index in [1.807, 2.05) is 0 Å². The fourth-order valence-electron chi connectivity index (χ4n) is 4.45. The van der Waals surface area contributed by atoms with Gasteiger partial charge in [-0.25, -0.2) is 30.4 Å². The van der Waals surface area contributed by atoms with E-state index in [9.17, 15) is 39.6 Å². The first kappa shape index (κ1) is 26.2. The lowest BCUT2D eigenvalue weighted by Gasteiger charge is -2.45. The van der Waals surface area contributed by atoms with Crippen molar-refractivity contribution in [2.24, 2.45) is 0 Å². The summed E-state index contributed by atoms with van der Waals surface area (Å²) in [6, 6.07) is 0.630. The van der Waals surface area contributed by atoms with Gasteiger partial charge in [0.2, 0.25) is 5.91 Å². The highest BCUT2D eigenvalue weighted by Crippen LogP contribution is 2.39. The van der Waals surface area contributed by atoms with Crippen LogP contribution >= 0.6 is 0 Å². The maximum atomic E-state index is 15.6. The first-order chi connectivity index (χ1) is 16.8. The van der Waals surface area contributed by atoms with Crippen molar-refractivity contribution in [3.63, 3.8) is 0 Å². The van der Waals surface area contributed by atoms with Crippen LogP contribution < -0.4 is 9.46 Å². The third-order valence-corrected chi connectivity index (χ3v) is 7.19. The summed E-state index contributed by atoms with van der Waals surface area (Å²) >= 11 is 0. The number of hydrogen-bond acceptors (Lipinski definition) is 4. The van der Waals surface area contributed by atoms with Crippen molar-refractivity contribution >= 4 is 15.9 Å². The number of carbonyl (C=O) groups excluding carboxylic acids is 1. The molecule has 1 amide bonds. The number of rotatable bonds is 3. The highest BCUT2D eigenvalue weighted by Gasteiger charge is 2.53. The molecule has 2 aliphatic heterocycles. The smallest absolute Gasteiger partial charge is 0.350 e. The summed E-state index contributed by atoms with van der Waals surface area (Å²) in [4.78, 5) is 13.8. The number of benzene rings is 2. The number of piperidine rings is 1. The molecule has 0 aliphatic carbocycles. The zero-order valence-corrected chi connectivity index (χ0v) is 19.1.